The Hall–Kier alpha value is -1.07. The van der Waals surface area contributed by atoms with E-state index in [0.29, 0.717) is 0 Å². The van der Waals surface area contributed by atoms with Crippen LogP contribution in [0, 0.1) is 0 Å². The van der Waals surface area contributed by atoms with E-state index >= 15 is 0 Å². The molecule has 0 radical (unpaired) electrons. The van der Waals surface area contributed by atoms with E-state index in [1.807, 2.05) is 30.3 Å². The van der Waals surface area contributed by atoms with Crippen LogP contribution in [0.3, 0.4) is 0 Å². The number of hydrogen-bond donors (Lipinski definition) is 0. The monoisotopic (exact) mass is 234 g/mol. The molecule has 0 fully saturated rings. The molecule has 0 amide bonds. The molecule has 1 atom stereocenters. The minimum absolute atomic E-state index is 0.281. The first-order chi connectivity index (χ1) is 7.47. The average molecular weight is 234 g/mol. The first-order valence-corrected chi connectivity index (χ1v) is 4.83. The highest BCUT2D eigenvalue weighted by Gasteiger charge is 2.29. The van der Waals surface area contributed by atoms with E-state index in [1.54, 1.807) is 0 Å². The number of rotatable bonds is 5. The van der Waals surface area contributed by atoms with Crippen molar-refractivity contribution in [1.82, 2.24) is 0 Å². The molecule has 0 aliphatic carbocycles. The van der Waals surface area contributed by atoms with Gasteiger partial charge in [0, 0.05) is 0 Å². The van der Waals surface area contributed by atoms with Crippen LogP contribution in [0.2, 0.25) is 0 Å². The minimum Gasteiger partial charge on any atom is -0.371 e. The Balaban J connectivity index is 2.23. The zero-order valence-electron chi connectivity index (χ0n) is 8.83. The van der Waals surface area contributed by atoms with Crippen molar-refractivity contribution in [3.05, 3.63) is 35.9 Å². The maximum atomic E-state index is 11.7. The van der Waals surface area contributed by atoms with Gasteiger partial charge in [0.15, 0.2) is 0 Å². The highest BCUT2D eigenvalue weighted by Crippen LogP contribution is 2.16. The minimum atomic E-state index is -4.59. The van der Waals surface area contributed by atoms with E-state index in [2.05, 4.69) is 4.74 Å². The fraction of sp³-hybridized carbons (Fsp3) is 0.455. The lowest BCUT2D eigenvalue weighted by molar-refractivity contribution is -0.331. The Morgan fingerprint density at radius 1 is 1.19 bits per heavy atom. The van der Waals surface area contributed by atoms with Crippen LogP contribution in [0.5, 0.6) is 0 Å². The molecule has 0 saturated carbocycles. The molecule has 0 spiro atoms. The van der Waals surface area contributed by atoms with Gasteiger partial charge in [-0.1, -0.05) is 30.3 Å². The van der Waals surface area contributed by atoms with Gasteiger partial charge in [-0.15, -0.1) is 13.2 Å². The Labute approximate surface area is 92.0 Å². The Bertz CT molecular complexity index is 298. The van der Waals surface area contributed by atoms with Crippen molar-refractivity contribution < 1.29 is 22.6 Å². The molecular formula is C11H13F3O2. The maximum absolute atomic E-state index is 11.7. The molecule has 1 aromatic carbocycles. The summed E-state index contributed by atoms with van der Waals surface area (Å²) in [7, 11) is 0. The van der Waals surface area contributed by atoms with E-state index in [0.717, 1.165) is 5.56 Å². The topological polar surface area (TPSA) is 18.5 Å². The van der Waals surface area contributed by atoms with Crippen LogP contribution in [-0.2, 0) is 16.1 Å². The van der Waals surface area contributed by atoms with E-state index in [4.69, 9.17) is 4.74 Å². The molecule has 1 rings (SSSR count). The number of ether oxygens (including phenoxy) is 2. The molecule has 0 saturated heterocycles. The zero-order chi connectivity index (χ0) is 12.0. The van der Waals surface area contributed by atoms with E-state index in [9.17, 15) is 13.2 Å². The summed E-state index contributed by atoms with van der Waals surface area (Å²) in [6.45, 7) is 1.33. The summed E-state index contributed by atoms with van der Waals surface area (Å²) in [6.07, 6.45) is -5.19. The van der Waals surface area contributed by atoms with Crippen LogP contribution in [0.25, 0.3) is 0 Å². The van der Waals surface area contributed by atoms with Gasteiger partial charge in [-0.05, 0) is 12.5 Å². The highest BCUT2D eigenvalue weighted by atomic mass is 19.4. The number of benzene rings is 1. The van der Waals surface area contributed by atoms with Crippen LogP contribution in [0.4, 0.5) is 13.2 Å². The molecular weight excluding hydrogens is 221 g/mol. The molecule has 0 bridgehead atoms. The molecule has 16 heavy (non-hydrogen) atoms. The second-order valence-corrected chi connectivity index (χ2v) is 3.36. The van der Waals surface area contributed by atoms with Gasteiger partial charge < -0.3 is 4.74 Å². The van der Waals surface area contributed by atoms with Gasteiger partial charge in [-0.25, -0.2) is 0 Å². The summed E-state index contributed by atoms with van der Waals surface area (Å²) in [6, 6.07) is 9.24. The third kappa shape index (κ3) is 5.72. The molecule has 2 nitrogen and oxygen atoms in total. The summed E-state index contributed by atoms with van der Waals surface area (Å²) in [5.74, 6) is 0. The molecule has 5 heteroatoms. The van der Waals surface area contributed by atoms with Crippen LogP contribution in [-0.4, -0.2) is 19.1 Å². The smallest absolute Gasteiger partial charge is 0.371 e. The summed E-state index contributed by atoms with van der Waals surface area (Å²) in [4.78, 5) is 0. The van der Waals surface area contributed by atoms with Crippen LogP contribution >= 0.6 is 0 Å². The van der Waals surface area contributed by atoms with Gasteiger partial charge in [0.05, 0.1) is 19.3 Å². The van der Waals surface area contributed by atoms with Crippen molar-refractivity contribution in [1.29, 1.82) is 0 Å². The third-order valence-electron chi connectivity index (χ3n) is 1.86. The fourth-order valence-corrected chi connectivity index (χ4v) is 1.07. The Kier molecular flexibility index (Phi) is 4.76. The number of hydrogen-bond acceptors (Lipinski definition) is 2. The maximum Gasteiger partial charge on any atom is 0.522 e. The van der Waals surface area contributed by atoms with E-state index in [1.165, 1.54) is 6.92 Å². The van der Waals surface area contributed by atoms with Crippen molar-refractivity contribution in [2.75, 3.05) is 6.61 Å². The van der Waals surface area contributed by atoms with E-state index < -0.39 is 19.1 Å². The van der Waals surface area contributed by atoms with Gasteiger partial charge in [0.25, 0.3) is 0 Å². The lowest BCUT2D eigenvalue weighted by atomic mass is 10.2. The largest absolute Gasteiger partial charge is 0.522 e. The van der Waals surface area contributed by atoms with Crippen molar-refractivity contribution in [2.45, 2.75) is 26.0 Å². The summed E-state index contributed by atoms with van der Waals surface area (Å²) < 4.78 is 44.0. The van der Waals surface area contributed by atoms with Gasteiger partial charge in [-0.2, -0.15) is 0 Å². The second kappa shape index (κ2) is 5.86. The van der Waals surface area contributed by atoms with Crippen LogP contribution in [0.15, 0.2) is 30.3 Å². The van der Waals surface area contributed by atoms with Crippen molar-refractivity contribution in [2.24, 2.45) is 0 Å². The molecule has 0 heterocycles. The highest BCUT2D eigenvalue weighted by molar-refractivity contribution is 5.13. The van der Waals surface area contributed by atoms with Gasteiger partial charge in [0.2, 0.25) is 0 Å². The van der Waals surface area contributed by atoms with Gasteiger partial charge >= 0.3 is 6.36 Å². The standard InChI is InChI=1S/C11H13F3O2/c1-9(7-16-11(12,13)14)15-8-10-5-3-2-4-6-10/h2-6,9H,7-8H2,1H3. The summed E-state index contributed by atoms with van der Waals surface area (Å²) in [5, 5.41) is 0. The summed E-state index contributed by atoms with van der Waals surface area (Å²) >= 11 is 0. The Morgan fingerprint density at radius 2 is 1.81 bits per heavy atom. The van der Waals surface area contributed by atoms with Gasteiger partial charge in [0.1, 0.15) is 0 Å². The number of halogens is 3. The average Bonchev–Trinajstić information content (AvgIpc) is 2.24. The molecule has 0 aliphatic heterocycles. The second-order valence-electron chi connectivity index (χ2n) is 3.36. The van der Waals surface area contributed by atoms with Crippen LogP contribution in [0.1, 0.15) is 12.5 Å². The first-order valence-electron chi connectivity index (χ1n) is 4.83. The zero-order valence-corrected chi connectivity index (χ0v) is 8.83. The van der Waals surface area contributed by atoms with Crippen molar-refractivity contribution in [3.8, 4) is 0 Å². The molecule has 90 valence electrons. The third-order valence-corrected chi connectivity index (χ3v) is 1.86. The molecule has 1 aromatic rings. The first kappa shape index (κ1) is 13.0. The summed E-state index contributed by atoms with van der Waals surface area (Å²) in [5.41, 5.74) is 0.918. The van der Waals surface area contributed by atoms with Gasteiger partial charge in [-0.3, -0.25) is 4.74 Å². The molecule has 0 aliphatic rings. The van der Waals surface area contributed by atoms with E-state index in [-0.39, 0.29) is 6.61 Å². The number of alkyl halides is 3. The molecule has 0 aromatic heterocycles. The Morgan fingerprint density at radius 3 is 2.38 bits per heavy atom. The molecule has 1 unspecified atom stereocenters. The normalized spacial score (nSPS) is 13.8. The quantitative estimate of drug-likeness (QED) is 0.779. The lowest BCUT2D eigenvalue weighted by Gasteiger charge is -2.14. The fourth-order valence-electron chi connectivity index (χ4n) is 1.07. The predicted molar refractivity (Wildman–Crippen MR) is 52.7 cm³/mol. The SMILES string of the molecule is CC(COC(F)(F)F)OCc1ccccc1. The van der Waals surface area contributed by atoms with Crippen LogP contribution < -0.4 is 0 Å². The predicted octanol–water partition coefficient (Wildman–Crippen LogP) is 3.13. The lowest BCUT2D eigenvalue weighted by Crippen LogP contribution is -2.23. The van der Waals surface area contributed by atoms with Crippen molar-refractivity contribution in [3.63, 3.8) is 0 Å². The molecule has 0 N–H and O–H groups in total. The van der Waals surface area contributed by atoms with Crippen molar-refractivity contribution >= 4 is 0 Å².